The summed E-state index contributed by atoms with van der Waals surface area (Å²) in [4.78, 5) is 55.1. The lowest BCUT2D eigenvalue weighted by atomic mass is 9.77. The van der Waals surface area contributed by atoms with Crippen molar-refractivity contribution in [2.75, 3.05) is 11.9 Å². The number of aromatic amines is 1. The summed E-state index contributed by atoms with van der Waals surface area (Å²) in [7, 11) is 0. The lowest BCUT2D eigenvalue weighted by Gasteiger charge is -2.29. The molecule has 51 heavy (non-hydrogen) atoms. The zero-order chi connectivity index (χ0) is 36.7. The van der Waals surface area contributed by atoms with Gasteiger partial charge in [-0.1, -0.05) is 30.3 Å². The van der Waals surface area contributed by atoms with Crippen molar-refractivity contribution in [3.05, 3.63) is 88.7 Å². The molecule has 4 aromatic rings. The molecule has 0 unspecified atom stereocenters. The zero-order valence-corrected chi connectivity index (χ0v) is 30.0. The summed E-state index contributed by atoms with van der Waals surface area (Å²) in [6.07, 6.45) is 3.04. The summed E-state index contributed by atoms with van der Waals surface area (Å²) >= 11 is 5.87. The number of aromatic nitrogens is 3. The number of ketones is 1. The Labute approximate surface area is 302 Å². The molecule has 5 rings (SSSR count). The summed E-state index contributed by atoms with van der Waals surface area (Å²) in [5.41, 5.74) is 4.57. The molecule has 1 atom stereocenters. The molecule has 11 nitrogen and oxygen atoms in total. The second kappa shape index (κ2) is 16.3. The van der Waals surface area contributed by atoms with E-state index in [0.717, 1.165) is 40.7 Å². The predicted octanol–water partition coefficient (Wildman–Crippen LogP) is 7.89. The Balaban J connectivity index is 1.25. The van der Waals surface area contributed by atoms with Gasteiger partial charge in [0.1, 0.15) is 11.4 Å². The molecule has 1 aromatic heterocycles. The summed E-state index contributed by atoms with van der Waals surface area (Å²) in [6, 6.07) is 19.9. The highest BCUT2D eigenvalue weighted by molar-refractivity contribution is 6.28. The molecular formula is C39H44ClN5O6. The normalized spacial score (nSPS) is 16.6. The van der Waals surface area contributed by atoms with Crippen molar-refractivity contribution in [2.24, 2.45) is 17.8 Å². The number of halogens is 1. The van der Waals surface area contributed by atoms with Gasteiger partial charge in [-0.05, 0) is 136 Å². The van der Waals surface area contributed by atoms with Gasteiger partial charge >= 0.3 is 12.1 Å². The molecule has 0 radical (unpaired) electrons. The van der Waals surface area contributed by atoms with Gasteiger partial charge in [0.25, 0.3) is 0 Å². The van der Waals surface area contributed by atoms with Crippen LogP contribution in [-0.2, 0) is 20.7 Å². The van der Waals surface area contributed by atoms with Crippen LogP contribution in [0, 0.1) is 24.7 Å². The van der Waals surface area contributed by atoms with Crippen LogP contribution in [0.3, 0.4) is 0 Å². The molecule has 1 aliphatic rings. The number of carboxylic acid groups (broad SMARTS) is 1. The second-order valence-corrected chi connectivity index (χ2v) is 14.6. The van der Waals surface area contributed by atoms with E-state index in [2.05, 4.69) is 25.8 Å². The molecule has 2 amide bonds. The number of carbonyl (C=O) groups is 4. The van der Waals surface area contributed by atoms with E-state index < -0.39 is 23.6 Å². The number of aryl methyl sites for hydroxylation is 1. The minimum absolute atomic E-state index is 0.0660. The monoisotopic (exact) mass is 713 g/mol. The fourth-order valence-electron chi connectivity index (χ4n) is 6.44. The number of hydrogen-bond acceptors (Lipinski definition) is 7. The Kier molecular flexibility index (Phi) is 11.9. The van der Waals surface area contributed by atoms with Crippen molar-refractivity contribution in [3.8, 4) is 22.5 Å². The van der Waals surface area contributed by atoms with Gasteiger partial charge in [0, 0.05) is 36.1 Å². The first-order valence-electron chi connectivity index (χ1n) is 17.2. The molecular weight excluding hydrogens is 670 g/mol. The lowest BCUT2D eigenvalue weighted by molar-refractivity contribution is -0.129. The number of Topliss-reactive ketones (excluding diaryl/α,β-unsaturated/α-hetero) is 1. The average Bonchev–Trinajstić information content (AvgIpc) is 3.53. The highest BCUT2D eigenvalue weighted by Crippen LogP contribution is 2.32. The minimum atomic E-state index is -0.974. The Morgan fingerprint density at radius 2 is 1.63 bits per heavy atom. The van der Waals surface area contributed by atoms with Crippen LogP contribution in [0.1, 0.15) is 74.4 Å². The Hall–Kier alpha value is -5.03. The maximum Gasteiger partial charge on any atom is 0.407 e. The van der Waals surface area contributed by atoms with Crippen LogP contribution in [-0.4, -0.2) is 56.2 Å². The second-order valence-electron chi connectivity index (χ2n) is 14.2. The first kappa shape index (κ1) is 37.2. The van der Waals surface area contributed by atoms with Crippen molar-refractivity contribution in [1.29, 1.82) is 0 Å². The molecule has 3 aromatic carbocycles. The van der Waals surface area contributed by atoms with Gasteiger partial charge in [0.2, 0.25) is 11.2 Å². The number of benzene rings is 3. The maximum atomic E-state index is 13.8. The molecule has 12 heteroatoms. The summed E-state index contributed by atoms with van der Waals surface area (Å²) in [5, 5.41) is 22.0. The molecule has 4 N–H and O–H groups in total. The van der Waals surface area contributed by atoms with Gasteiger partial charge in [0.15, 0.2) is 5.82 Å². The van der Waals surface area contributed by atoms with Crippen LogP contribution in [0.2, 0.25) is 5.28 Å². The smallest absolute Gasteiger partial charge is 0.407 e. The van der Waals surface area contributed by atoms with Crippen molar-refractivity contribution in [3.63, 3.8) is 0 Å². The summed E-state index contributed by atoms with van der Waals surface area (Å²) in [5.74, 6) is -1.22. The largest absolute Gasteiger partial charge is 0.478 e. The van der Waals surface area contributed by atoms with E-state index in [1.54, 1.807) is 42.5 Å². The molecule has 1 heterocycles. The van der Waals surface area contributed by atoms with Crippen molar-refractivity contribution >= 4 is 41.0 Å². The van der Waals surface area contributed by atoms with Crippen LogP contribution in [0.5, 0.6) is 0 Å². The molecule has 1 aliphatic carbocycles. The molecule has 1 saturated carbocycles. The first-order valence-corrected chi connectivity index (χ1v) is 17.5. The van der Waals surface area contributed by atoms with Crippen molar-refractivity contribution in [2.45, 2.75) is 71.8 Å². The van der Waals surface area contributed by atoms with Gasteiger partial charge in [-0.15, -0.1) is 0 Å². The number of rotatable bonds is 12. The Bertz CT molecular complexity index is 1860. The number of aromatic carboxylic acids is 1. The molecule has 1 fully saturated rings. The third-order valence-corrected chi connectivity index (χ3v) is 9.31. The van der Waals surface area contributed by atoms with Gasteiger partial charge in [-0.25, -0.2) is 14.7 Å². The molecule has 0 saturated heterocycles. The predicted molar refractivity (Wildman–Crippen MR) is 196 cm³/mol. The number of amides is 2. The van der Waals surface area contributed by atoms with E-state index in [1.807, 2.05) is 52.0 Å². The number of hydrogen-bond donors (Lipinski definition) is 4. The van der Waals surface area contributed by atoms with E-state index in [0.29, 0.717) is 37.3 Å². The molecule has 0 bridgehead atoms. The number of carbonyl (C=O) groups excluding carboxylic acids is 3. The van der Waals surface area contributed by atoms with Gasteiger partial charge < -0.3 is 20.5 Å². The Morgan fingerprint density at radius 3 is 2.22 bits per heavy atom. The number of nitrogens with zero attached hydrogens (tertiary/aromatic N) is 2. The highest BCUT2D eigenvalue weighted by atomic mass is 35.5. The third-order valence-electron chi connectivity index (χ3n) is 9.14. The molecule has 0 aliphatic heterocycles. The zero-order valence-electron chi connectivity index (χ0n) is 29.3. The lowest BCUT2D eigenvalue weighted by Crippen LogP contribution is -2.37. The van der Waals surface area contributed by atoms with Crippen LogP contribution in [0.15, 0.2) is 66.7 Å². The van der Waals surface area contributed by atoms with Crippen LogP contribution >= 0.6 is 11.6 Å². The first-order chi connectivity index (χ1) is 24.2. The van der Waals surface area contributed by atoms with Crippen molar-refractivity contribution < 1.29 is 29.0 Å². The van der Waals surface area contributed by atoms with Crippen LogP contribution in [0.25, 0.3) is 22.5 Å². The molecule has 268 valence electrons. The average molecular weight is 714 g/mol. The third kappa shape index (κ3) is 10.5. The number of ether oxygens (including phenoxy) is 1. The number of nitrogens with one attached hydrogen (secondary N) is 3. The fraction of sp³-hybridized carbons (Fsp3) is 0.385. The Morgan fingerprint density at radius 1 is 0.961 bits per heavy atom. The van der Waals surface area contributed by atoms with E-state index in [-0.39, 0.29) is 40.8 Å². The van der Waals surface area contributed by atoms with Gasteiger partial charge in [-0.3, -0.25) is 9.59 Å². The van der Waals surface area contributed by atoms with Crippen LogP contribution < -0.4 is 10.6 Å². The standard InChI is InChI=1S/C39H44ClN5O6/c1-23-19-29(36(48)49)15-18-32(23)26-9-5-24(6-10-26)20-30(35(47)42-31-16-13-28(14-17-31)34-43-37(40)45-44-34)21-33(46)27-11-7-25(8-12-27)22-41-38(50)51-39(2,3)4/h5-6,9-10,13-19,25,27,30H,7-8,11-12,20-22H2,1-4H3,(H,41,50)(H,42,47)(H,48,49)(H,43,44,45)/t25?,27?,30-/m1/s1. The van der Waals surface area contributed by atoms with Crippen LogP contribution in [0.4, 0.5) is 10.5 Å². The minimum Gasteiger partial charge on any atom is -0.478 e. The summed E-state index contributed by atoms with van der Waals surface area (Å²) in [6.45, 7) is 7.85. The summed E-state index contributed by atoms with van der Waals surface area (Å²) < 4.78 is 5.35. The fourth-order valence-corrected chi connectivity index (χ4v) is 6.56. The van der Waals surface area contributed by atoms with Gasteiger partial charge in [0.05, 0.1) is 5.56 Å². The van der Waals surface area contributed by atoms with E-state index in [9.17, 15) is 24.3 Å². The van der Waals surface area contributed by atoms with E-state index >= 15 is 0 Å². The van der Waals surface area contributed by atoms with Gasteiger partial charge in [-0.2, -0.15) is 10.1 Å². The maximum absolute atomic E-state index is 13.8. The number of H-pyrrole nitrogens is 1. The highest BCUT2D eigenvalue weighted by Gasteiger charge is 2.31. The number of anilines is 1. The quantitative estimate of drug-likeness (QED) is 0.115. The van der Waals surface area contributed by atoms with E-state index in [4.69, 9.17) is 16.3 Å². The SMILES string of the molecule is Cc1cc(C(=O)O)ccc1-c1ccc(C[C@H](CC(=O)C2CCC(CNC(=O)OC(C)(C)C)CC2)C(=O)Nc2ccc(-c3n[nH]c(Cl)n3)cc2)cc1. The van der Waals surface area contributed by atoms with Crippen molar-refractivity contribution in [1.82, 2.24) is 20.5 Å². The van der Waals surface area contributed by atoms with E-state index in [1.165, 1.54) is 0 Å². The number of carboxylic acids is 1. The number of alkyl carbamates (subject to hydrolysis) is 1. The molecule has 0 spiro atoms. The topological polar surface area (TPSA) is 163 Å².